The fraction of sp³-hybridized carbons (Fsp3) is 0.391. The largest absolute Gasteiger partial charge is 0.508 e. The second-order valence-corrected chi connectivity index (χ2v) is 8.54. The van der Waals surface area contributed by atoms with Crippen LogP contribution in [0.25, 0.3) is 6.08 Å². The molecule has 0 atom stereocenters. The highest BCUT2D eigenvalue weighted by molar-refractivity contribution is 5.52. The van der Waals surface area contributed by atoms with Gasteiger partial charge in [-0.05, 0) is 45.6 Å². The molecule has 0 bridgehead atoms. The number of hydrogen-bond acceptors (Lipinski definition) is 1. The van der Waals surface area contributed by atoms with Gasteiger partial charge in [0.05, 0.1) is 0 Å². The number of allylic oxidation sites excluding steroid dienone is 1. The summed E-state index contributed by atoms with van der Waals surface area (Å²) in [6, 6.07) is 14.5. The van der Waals surface area contributed by atoms with Gasteiger partial charge in [-0.2, -0.15) is 0 Å². The zero-order valence-corrected chi connectivity index (χ0v) is 15.9. The van der Waals surface area contributed by atoms with Gasteiger partial charge in [0.1, 0.15) is 5.75 Å². The van der Waals surface area contributed by atoms with Crippen molar-refractivity contribution in [3.63, 3.8) is 0 Å². The Morgan fingerprint density at radius 3 is 1.96 bits per heavy atom. The van der Waals surface area contributed by atoms with Gasteiger partial charge in [-0.15, -0.1) is 0 Å². The van der Waals surface area contributed by atoms with Gasteiger partial charge in [-0.25, -0.2) is 0 Å². The Kier molecular flexibility index (Phi) is 5.22. The first-order valence-electron chi connectivity index (χ1n) is 8.67. The van der Waals surface area contributed by atoms with Crippen LogP contribution in [-0.4, -0.2) is 5.11 Å². The fourth-order valence-corrected chi connectivity index (χ4v) is 2.99. The second kappa shape index (κ2) is 6.84. The predicted octanol–water partition coefficient (Wildman–Crippen LogP) is 6.24. The molecule has 0 fully saturated rings. The number of phenols is 1. The van der Waals surface area contributed by atoms with Crippen molar-refractivity contribution in [1.82, 2.24) is 0 Å². The van der Waals surface area contributed by atoms with Gasteiger partial charge in [0, 0.05) is 0 Å². The third kappa shape index (κ3) is 4.50. The molecule has 1 N–H and O–H groups in total. The molecule has 2 aromatic rings. The first kappa shape index (κ1) is 18.3. The lowest BCUT2D eigenvalue weighted by atomic mass is 9.78. The molecule has 0 aliphatic rings. The van der Waals surface area contributed by atoms with E-state index in [2.05, 4.69) is 84.0 Å². The normalized spacial score (nSPS) is 12.8. The average Bonchev–Trinajstić information content (AvgIpc) is 2.47. The van der Waals surface area contributed by atoms with Crippen LogP contribution in [0.15, 0.2) is 48.5 Å². The minimum absolute atomic E-state index is 0.00378. The van der Waals surface area contributed by atoms with E-state index in [1.165, 1.54) is 16.7 Å². The lowest BCUT2D eigenvalue weighted by Crippen LogP contribution is -2.17. The SMILES string of the molecule is CC(C)(C)c1cc(CC=Cc2ccccc2)c(C(C)(C)C)cc1O. The summed E-state index contributed by atoms with van der Waals surface area (Å²) >= 11 is 0. The summed E-state index contributed by atoms with van der Waals surface area (Å²) in [6.45, 7) is 13.0. The van der Waals surface area contributed by atoms with Crippen molar-refractivity contribution in [2.24, 2.45) is 0 Å². The molecule has 1 nitrogen and oxygen atoms in total. The Morgan fingerprint density at radius 2 is 1.42 bits per heavy atom. The lowest BCUT2D eigenvalue weighted by molar-refractivity contribution is 0.442. The van der Waals surface area contributed by atoms with Gasteiger partial charge in [0.25, 0.3) is 0 Å². The van der Waals surface area contributed by atoms with Gasteiger partial charge in [-0.3, -0.25) is 0 Å². The molecule has 2 rings (SSSR count). The van der Waals surface area contributed by atoms with Crippen molar-refractivity contribution < 1.29 is 5.11 Å². The van der Waals surface area contributed by atoms with E-state index >= 15 is 0 Å². The van der Waals surface area contributed by atoms with Gasteiger partial charge in [0.15, 0.2) is 0 Å². The molecule has 0 radical (unpaired) electrons. The van der Waals surface area contributed by atoms with Crippen molar-refractivity contribution in [3.8, 4) is 5.75 Å². The van der Waals surface area contributed by atoms with Crippen LogP contribution in [0.5, 0.6) is 5.75 Å². The van der Waals surface area contributed by atoms with E-state index in [-0.39, 0.29) is 10.8 Å². The molecule has 0 saturated carbocycles. The van der Waals surface area contributed by atoms with Crippen molar-refractivity contribution >= 4 is 6.08 Å². The summed E-state index contributed by atoms with van der Waals surface area (Å²) in [5, 5.41) is 10.5. The van der Waals surface area contributed by atoms with Crippen LogP contribution >= 0.6 is 0 Å². The Bertz CT molecular complexity index is 710. The monoisotopic (exact) mass is 322 g/mol. The quantitative estimate of drug-likeness (QED) is 0.709. The number of phenolic OH excluding ortho intramolecular Hbond substituents is 1. The first-order valence-corrected chi connectivity index (χ1v) is 8.67. The summed E-state index contributed by atoms with van der Waals surface area (Å²) in [5.74, 6) is 0.406. The first-order chi connectivity index (χ1) is 11.1. The Balaban J connectivity index is 2.40. The molecule has 0 aromatic heterocycles. The second-order valence-electron chi connectivity index (χ2n) is 8.54. The molecule has 0 spiro atoms. The van der Waals surface area contributed by atoms with Crippen LogP contribution in [0.3, 0.4) is 0 Å². The predicted molar refractivity (Wildman–Crippen MR) is 105 cm³/mol. The molecule has 128 valence electrons. The van der Waals surface area contributed by atoms with Crippen LogP contribution < -0.4 is 0 Å². The summed E-state index contributed by atoms with van der Waals surface area (Å²) in [7, 11) is 0. The van der Waals surface area contributed by atoms with Crippen molar-refractivity contribution in [2.75, 3.05) is 0 Å². The molecular formula is C23H30O. The zero-order valence-electron chi connectivity index (χ0n) is 15.9. The molecular weight excluding hydrogens is 292 g/mol. The Hall–Kier alpha value is -2.02. The van der Waals surface area contributed by atoms with Crippen LogP contribution in [0.2, 0.25) is 0 Å². The number of benzene rings is 2. The molecule has 1 heteroatoms. The standard InChI is InChI=1S/C23H30O/c1-22(2,3)19-16-21(24)20(23(4,5)6)15-18(19)14-10-13-17-11-8-7-9-12-17/h7-13,15-16,24H,14H2,1-6H3. The highest BCUT2D eigenvalue weighted by Crippen LogP contribution is 2.37. The van der Waals surface area contributed by atoms with Crippen LogP contribution in [0, 0.1) is 0 Å². The highest BCUT2D eigenvalue weighted by Gasteiger charge is 2.24. The van der Waals surface area contributed by atoms with Crippen LogP contribution in [0.4, 0.5) is 0 Å². The van der Waals surface area contributed by atoms with E-state index in [1.807, 2.05) is 12.1 Å². The maximum Gasteiger partial charge on any atom is 0.119 e. The van der Waals surface area contributed by atoms with E-state index in [0.29, 0.717) is 5.75 Å². The Morgan fingerprint density at radius 1 is 0.833 bits per heavy atom. The minimum Gasteiger partial charge on any atom is -0.508 e. The molecule has 0 saturated heterocycles. The topological polar surface area (TPSA) is 20.2 Å². The van der Waals surface area contributed by atoms with Gasteiger partial charge < -0.3 is 5.11 Å². The third-order valence-electron chi connectivity index (χ3n) is 4.29. The van der Waals surface area contributed by atoms with Crippen LogP contribution in [0.1, 0.15) is 63.8 Å². The fourth-order valence-electron chi connectivity index (χ4n) is 2.99. The molecule has 0 unspecified atom stereocenters. The van der Waals surface area contributed by atoms with Crippen molar-refractivity contribution in [3.05, 3.63) is 70.8 Å². The van der Waals surface area contributed by atoms with Crippen LogP contribution in [-0.2, 0) is 17.3 Å². The zero-order chi connectivity index (χ0) is 18.0. The number of rotatable bonds is 3. The number of aromatic hydroxyl groups is 1. The third-order valence-corrected chi connectivity index (χ3v) is 4.29. The molecule has 0 aliphatic heterocycles. The molecule has 2 aromatic carbocycles. The summed E-state index contributed by atoms with van der Waals surface area (Å²) in [6.07, 6.45) is 5.24. The van der Waals surface area contributed by atoms with Gasteiger partial charge in [-0.1, -0.05) is 90.1 Å². The van der Waals surface area contributed by atoms with E-state index in [9.17, 15) is 5.11 Å². The van der Waals surface area contributed by atoms with E-state index in [0.717, 1.165) is 12.0 Å². The average molecular weight is 322 g/mol. The lowest BCUT2D eigenvalue weighted by Gasteiger charge is -2.27. The molecule has 0 heterocycles. The Labute approximate surface area is 147 Å². The minimum atomic E-state index is -0.0710. The van der Waals surface area contributed by atoms with Gasteiger partial charge in [0.2, 0.25) is 0 Å². The maximum atomic E-state index is 10.5. The van der Waals surface area contributed by atoms with Crippen molar-refractivity contribution in [2.45, 2.75) is 58.8 Å². The molecule has 0 amide bonds. The smallest absolute Gasteiger partial charge is 0.119 e. The maximum absolute atomic E-state index is 10.5. The highest BCUT2D eigenvalue weighted by atomic mass is 16.3. The van der Waals surface area contributed by atoms with E-state index < -0.39 is 0 Å². The van der Waals surface area contributed by atoms with E-state index in [1.54, 1.807) is 0 Å². The molecule has 24 heavy (non-hydrogen) atoms. The summed E-state index contributed by atoms with van der Waals surface area (Å²) in [4.78, 5) is 0. The molecule has 0 aliphatic carbocycles. The van der Waals surface area contributed by atoms with Crippen molar-refractivity contribution in [1.29, 1.82) is 0 Å². The van der Waals surface area contributed by atoms with E-state index in [4.69, 9.17) is 0 Å². The summed E-state index contributed by atoms with van der Waals surface area (Å²) in [5.41, 5.74) is 4.66. The summed E-state index contributed by atoms with van der Waals surface area (Å²) < 4.78 is 0. The number of hydrogen-bond donors (Lipinski definition) is 1. The van der Waals surface area contributed by atoms with Gasteiger partial charge >= 0.3 is 0 Å².